The third-order valence-corrected chi connectivity index (χ3v) is 16.5. The minimum Gasteiger partial charge on any atom is -0.456 e. The zero-order valence-electron chi connectivity index (χ0n) is 36.0. The topological polar surface area (TPSA) is 13.1 Å². The van der Waals surface area contributed by atoms with Crippen molar-refractivity contribution in [2.75, 3.05) is 0 Å². The van der Waals surface area contributed by atoms with Crippen LogP contribution in [0.1, 0.15) is 0 Å². The van der Waals surface area contributed by atoms with Crippen LogP contribution in [0.4, 0.5) is 0 Å². The second kappa shape index (κ2) is 14.2. The van der Waals surface area contributed by atoms with Crippen molar-refractivity contribution in [1.29, 1.82) is 0 Å². The average molecular weight is 885 g/mol. The maximum Gasteiger partial charge on any atom is 0.136 e. The van der Waals surface area contributed by atoms with Crippen LogP contribution in [0.2, 0.25) is 0 Å². The number of rotatable bonds is 4. The lowest BCUT2D eigenvalue weighted by atomic mass is 9.85. The van der Waals surface area contributed by atoms with E-state index in [4.69, 9.17) is 4.42 Å². The molecule has 15 rings (SSSR count). The van der Waals surface area contributed by atoms with Crippen molar-refractivity contribution >= 4 is 128 Å². The van der Waals surface area contributed by atoms with Crippen LogP contribution in [0.15, 0.2) is 223 Å². The molecular formula is C64H36OS2. The van der Waals surface area contributed by atoms with Crippen molar-refractivity contribution in [2.45, 2.75) is 0 Å². The van der Waals surface area contributed by atoms with E-state index in [9.17, 15) is 0 Å². The first-order chi connectivity index (χ1) is 33.2. The highest BCUT2D eigenvalue weighted by Crippen LogP contribution is 2.49. The Bertz CT molecular complexity index is 4470. The molecule has 0 amide bonds. The molecule has 310 valence electrons. The van der Waals surface area contributed by atoms with Gasteiger partial charge >= 0.3 is 0 Å². The Morgan fingerprint density at radius 2 is 0.522 bits per heavy atom. The van der Waals surface area contributed by atoms with Crippen LogP contribution >= 0.6 is 22.7 Å². The zero-order valence-corrected chi connectivity index (χ0v) is 37.6. The molecule has 67 heavy (non-hydrogen) atoms. The Hall–Kier alpha value is -8.08. The van der Waals surface area contributed by atoms with Crippen molar-refractivity contribution in [1.82, 2.24) is 0 Å². The second-order valence-electron chi connectivity index (χ2n) is 17.8. The fourth-order valence-corrected chi connectivity index (χ4v) is 13.6. The quantitative estimate of drug-likeness (QED) is 0.161. The van der Waals surface area contributed by atoms with E-state index in [2.05, 4.69) is 218 Å². The summed E-state index contributed by atoms with van der Waals surface area (Å²) in [6.45, 7) is 0. The van der Waals surface area contributed by atoms with Gasteiger partial charge in [-0.05, 0) is 136 Å². The molecule has 0 saturated carbocycles. The first-order valence-electron chi connectivity index (χ1n) is 22.9. The van der Waals surface area contributed by atoms with Crippen LogP contribution < -0.4 is 0 Å². The molecule has 3 heterocycles. The van der Waals surface area contributed by atoms with Gasteiger partial charge in [0.2, 0.25) is 0 Å². The molecule has 0 atom stereocenters. The smallest absolute Gasteiger partial charge is 0.136 e. The summed E-state index contributed by atoms with van der Waals surface area (Å²) in [5, 5.41) is 17.5. The molecule has 0 aliphatic heterocycles. The summed E-state index contributed by atoms with van der Waals surface area (Å²) in [5.74, 6) is 0. The number of hydrogen-bond donors (Lipinski definition) is 0. The van der Waals surface area contributed by atoms with Crippen molar-refractivity contribution < 1.29 is 4.42 Å². The molecule has 0 N–H and O–H groups in total. The zero-order chi connectivity index (χ0) is 43.7. The molecule has 15 aromatic rings. The van der Waals surface area contributed by atoms with Crippen molar-refractivity contribution in [3.05, 3.63) is 218 Å². The third-order valence-electron chi connectivity index (χ3n) is 14.2. The summed E-state index contributed by atoms with van der Waals surface area (Å²) in [5.41, 5.74) is 11.6. The number of furan rings is 1. The van der Waals surface area contributed by atoms with Gasteiger partial charge in [-0.2, -0.15) is 0 Å². The van der Waals surface area contributed by atoms with Gasteiger partial charge in [0.15, 0.2) is 0 Å². The molecule has 0 bridgehead atoms. The van der Waals surface area contributed by atoms with E-state index in [0.717, 1.165) is 27.5 Å². The van der Waals surface area contributed by atoms with Gasteiger partial charge in [0, 0.05) is 51.1 Å². The SMILES string of the molecule is c1ccc2c(c1)sc1cc(-c3c4ccccc4c(-c4ccc5c(c4)oc4ccc(-c6c7ccccc7c(-c7ccc8c(c7)sc7ccccc78)c7ccccc67)cc45)c4ccccc34)ccc12. The molecule has 12 aromatic carbocycles. The van der Waals surface area contributed by atoms with E-state index in [1.807, 2.05) is 22.7 Å². The summed E-state index contributed by atoms with van der Waals surface area (Å²) in [6.07, 6.45) is 0. The van der Waals surface area contributed by atoms with Crippen LogP contribution in [0.3, 0.4) is 0 Å². The highest BCUT2D eigenvalue weighted by atomic mass is 32.1. The first kappa shape index (κ1) is 37.2. The lowest BCUT2D eigenvalue weighted by Crippen LogP contribution is -1.91. The normalized spacial score (nSPS) is 12.2. The summed E-state index contributed by atoms with van der Waals surface area (Å²) >= 11 is 3.75. The lowest BCUT2D eigenvalue weighted by Gasteiger charge is -2.18. The fourth-order valence-electron chi connectivity index (χ4n) is 11.4. The van der Waals surface area contributed by atoms with Gasteiger partial charge in [-0.25, -0.2) is 0 Å². The molecule has 0 radical (unpaired) electrons. The first-order valence-corrected chi connectivity index (χ1v) is 24.5. The fraction of sp³-hybridized carbons (Fsp3) is 0. The van der Waals surface area contributed by atoms with Gasteiger partial charge in [0.05, 0.1) is 0 Å². The average Bonchev–Trinajstić information content (AvgIpc) is 4.07. The van der Waals surface area contributed by atoms with E-state index in [1.165, 1.54) is 122 Å². The molecule has 0 aliphatic rings. The van der Waals surface area contributed by atoms with E-state index in [1.54, 1.807) is 0 Å². The molecule has 0 aliphatic carbocycles. The van der Waals surface area contributed by atoms with E-state index < -0.39 is 0 Å². The summed E-state index contributed by atoms with van der Waals surface area (Å²) in [4.78, 5) is 0. The minimum atomic E-state index is 0.888. The van der Waals surface area contributed by atoms with Crippen LogP contribution in [-0.4, -0.2) is 0 Å². The Morgan fingerprint density at radius 1 is 0.209 bits per heavy atom. The minimum absolute atomic E-state index is 0.888. The molecular weight excluding hydrogens is 849 g/mol. The molecule has 3 aromatic heterocycles. The monoisotopic (exact) mass is 884 g/mol. The standard InChI is InChI=1S/C64H36OS2/c1-5-19-50-46(15-1)61(47-16-2-6-20-51(47)63(50)39-26-30-44-42-13-9-11-23-57(42)66-59(44)35-39)37-28-32-55-54(33-37)41-29-25-38(34-56(41)65-55)62-48-17-3-7-21-52(48)64(53-22-8-4-18-49(53)62)40-27-31-45-43-14-10-12-24-58(43)67-60(45)36-40/h1-36H. The lowest BCUT2D eigenvalue weighted by molar-refractivity contribution is 0.669. The Labute approximate surface area is 393 Å². The number of hydrogen-bond acceptors (Lipinski definition) is 3. The van der Waals surface area contributed by atoms with Crippen LogP contribution in [0, 0.1) is 0 Å². The highest BCUT2D eigenvalue weighted by Gasteiger charge is 2.21. The predicted molar refractivity (Wildman–Crippen MR) is 291 cm³/mol. The number of fused-ring (bicyclic) bond motifs is 13. The molecule has 0 spiro atoms. The van der Waals surface area contributed by atoms with Crippen LogP contribution in [0.25, 0.3) is 150 Å². The van der Waals surface area contributed by atoms with Gasteiger partial charge in [0.1, 0.15) is 11.2 Å². The van der Waals surface area contributed by atoms with Crippen LogP contribution in [0.5, 0.6) is 0 Å². The summed E-state index contributed by atoms with van der Waals surface area (Å²) in [6, 6.07) is 80.9. The van der Waals surface area contributed by atoms with E-state index >= 15 is 0 Å². The van der Waals surface area contributed by atoms with Crippen LogP contribution in [-0.2, 0) is 0 Å². The summed E-state index contributed by atoms with van der Waals surface area (Å²) < 4.78 is 12.1. The number of benzene rings is 12. The van der Waals surface area contributed by atoms with E-state index in [0.29, 0.717) is 0 Å². The van der Waals surface area contributed by atoms with Gasteiger partial charge in [-0.3, -0.25) is 0 Å². The Kier molecular flexibility index (Phi) is 7.88. The second-order valence-corrected chi connectivity index (χ2v) is 20.0. The van der Waals surface area contributed by atoms with Gasteiger partial charge in [0.25, 0.3) is 0 Å². The van der Waals surface area contributed by atoms with Crippen molar-refractivity contribution in [2.24, 2.45) is 0 Å². The summed E-state index contributed by atoms with van der Waals surface area (Å²) in [7, 11) is 0. The van der Waals surface area contributed by atoms with Gasteiger partial charge in [-0.1, -0.05) is 170 Å². The highest BCUT2D eigenvalue weighted by molar-refractivity contribution is 7.26. The molecule has 0 fully saturated rings. The van der Waals surface area contributed by atoms with Gasteiger partial charge < -0.3 is 4.42 Å². The van der Waals surface area contributed by atoms with Gasteiger partial charge in [-0.15, -0.1) is 22.7 Å². The maximum atomic E-state index is 6.80. The van der Waals surface area contributed by atoms with Crippen molar-refractivity contribution in [3.8, 4) is 44.5 Å². The maximum absolute atomic E-state index is 6.80. The molecule has 0 unspecified atom stereocenters. The Balaban J connectivity index is 0.891. The van der Waals surface area contributed by atoms with Crippen molar-refractivity contribution in [3.63, 3.8) is 0 Å². The third kappa shape index (κ3) is 5.47. The molecule has 0 saturated heterocycles. The van der Waals surface area contributed by atoms with E-state index in [-0.39, 0.29) is 0 Å². The molecule has 1 nitrogen and oxygen atoms in total. The number of thiophene rings is 2. The Morgan fingerprint density at radius 3 is 0.940 bits per heavy atom. The molecule has 3 heteroatoms. The predicted octanol–water partition coefficient (Wildman–Crippen LogP) is 19.6. The largest absolute Gasteiger partial charge is 0.456 e.